The maximum atomic E-state index is 13.6. The first-order valence-electron chi connectivity index (χ1n) is 46.0. The van der Waals surface area contributed by atoms with Gasteiger partial charge in [0.05, 0.1) is 71.7 Å². The summed E-state index contributed by atoms with van der Waals surface area (Å²) >= 11 is 0. The predicted octanol–water partition coefficient (Wildman–Crippen LogP) is -11.1. The average Bonchev–Trinajstić information content (AvgIpc) is 0.760. The van der Waals surface area contributed by atoms with Crippen molar-refractivity contribution < 1.29 is 271 Å². The number of ether oxygens (including phenoxy) is 38. The number of methoxy groups -OCH3 is 17. The molecule has 0 saturated carbocycles. The highest BCUT2D eigenvalue weighted by atomic mass is 16.8. The molecule has 830 valence electrons. The number of aliphatic hydroxyl groups excluding tert-OH is 14. The number of rotatable bonds is 49. The van der Waals surface area contributed by atoms with E-state index in [4.69, 9.17) is 180 Å². The number of carbonyl (C=O) groups is 2. The summed E-state index contributed by atoms with van der Waals surface area (Å²) in [7, 11) is 21.9. The zero-order valence-corrected chi connectivity index (χ0v) is 81.9. The highest BCUT2D eigenvalue weighted by molar-refractivity contribution is 5.74. The van der Waals surface area contributed by atoms with Crippen molar-refractivity contribution in [2.75, 3.05) is 180 Å². The second-order valence-corrected chi connectivity index (χ2v) is 35.2. The third kappa shape index (κ3) is 25.6. The lowest BCUT2D eigenvalue weighted by Gasteiger charge is -2.52. The van der Waals surface area contributed by atoms with Crippen LogP contribution >= 0.6 is 0 Å². The van der Waals surface area contributed by atoms with Crippen molar-refractivity contribution in [2.24, 2.45) is 11.0 Å². The lowest BCUT2D eigenvalue weighted by molar-refractivity contribution is -0.403. The van der Waals surface area contributed by atoms with Crippen LogP contribution in [-0.4, -0.2) is 606 Å². The molecule has 11 aliphatic rings. The summed E-state index contributed by atoms with van der Waals surface area (Å²) in [5.74, 6) is -4.23. The van der Waals surface area contributed by atoms with Crippen LogP contribution in [0.3, 0.4) is 0 Å². The van der Waals surface area contributed by atoms with Crippen molar-refractivity contribution in [3.05, 3.63) is 10.4 Å². The molecule has 16 N–H and O–H groups in total. The third-order valence-corrected chi connectivity index (χ3v) is 27.4. The van der Waals surface area contributed by atoms with Gasteiger partial charge in [-0.05, 0) is 5.53 Å². The number of nitrogens with zero attached hydrogens (tertiary/aromatic N) is 3. The monoisotopic (exact) mass is 2090 g/mol. The summed E-state index contributed by atoms with van der Waals surface area (Å²) in [4.78, 5) is 29.8. The molecule has 59 heteroatoms. The van der Waals surface area contributed by atoms with Crippen molar-refractivity contribution >= 4 is 11.9 Å². The molecule has 0 aromatic heterocycles. The van der Waals surface area contributed by atoms with Crippen LogP contribution in [0.4, 0.5) is 0 Å². The fourth-order valence-electron chi connectivity index (χ4n) is 20.1. The van der Waals surface area contributed by atoms with Gasteiger partial charge in [-0.2, -0.15) is 0 Å². The first-order valence-corrected chi connectivity index (χ1v) is 46.0. The van der Waals surface area contributed by atoms with Gasteiger partial charge in [0.2, 0.25) is 0 Å². The Morgan fingerprint density at radius 2 is 0.469 bits per heavy atom. The lowest BCUT2D eigenvalue weighted by atomic mass is 9.90. The van der Waals surface area contributed by atoms with E-state index in [2.05, 4.69) is 10.0 Å². The molecular weight excluding hydrogens is 1950 g/mol. The van der Waals surface area contributed by atoms with Crippen molar-refractivity contribution in [3.63, 3.8) is 0 Å². The molecular formula is C84H143N3O56. The molecule has 0 aromatic carbocycles. The van der Waals surface area contributed by atoms with Crippen LogP contribution in [0.2, 0.25) is 0 Å². The number of hydrogen-bond acceptors (Lipinski definition) is 55. The molecule has 28 unspecified atom stereocenters. The van der Waals surface area contributed by atoms with Gasteiger partial charge in [0.15, 0.2) is 81.4 Å². The first-order chi connectivity index (χ1) is 68.8. The Balaban J connectivity index is 0.752. The zero-order chi connectivity index (χ0) is 105. The zero-order valence-electron chi connectivity index (χ0n) is 81.9. The van der Waals surface area contributed by atoms with E-state index >= 15 is 0 Å². The van der Waals surface area contributed by atoms with Crippen molar-refractivity contribution in [1.82, 2.24) is 0 Å². The molecule has 11 aliphatic heterocycles. The highest BCUT2D eigenvalue weighted by Crippen LogP contribution is 2.46. The second-order valence-electron chi connectivity index (χ2n) is 35.2. The summed E-state index contributed by atoms with van der Waals surface area (Å²) in [5.41, 5.74) is 10.3. The minimum atomic E-state index is -2.21. The highest BCUT2D eigenvalue weighted by Gasteiger charge is 2.65. The lowest BCUT2D eigenvalue weighted by Crippen LogP contribution is -2.69. The minimum Gasteiger partial charge on any atom is -0.479 e. The normalized spacial score (nSPS) is 47.5. The van der Waals surface area contributed by atoms with Gasteiger partial charge in [-0.15, -0.1) is 0 Å². The predicted molar refractivity (Wildman–Crippen MR) is 455 cm³/mol. The minimum absolute atomic E-state index is 0.223. The smallest absolute Gasteiger partial charge is 0.335 e. The van der Waals surface area contributed by atoms with Crippen LogP contribution in [0.25, 0.3) is 10.4 Å². The molecule has 11 rings (SSSR count). The Bertz CT molecular complexity index is 3780. The van der Waals surface area contributed by atoms with E-state index < -0.39 is 389 Å². The van der Waals surface area contributed by atoms with Gasteiger partial charge in [-0.25, -0.2) is 9.59 Å². The maximum absolute atomic E-state index is 13.6. The van der Waals surface area contributed by atoms with Crippen molar-refractivity contribution in [1.29, 1.82) is 0 Å². The van der Waals surface area contributed by atoms with Crippen LogP contribution < -0.4 is 0 Å². The van der Waals surface area contributed by atoms with Gasteiger partial charge in [-0.3, -0.25) is 0 Å². The van der Waals surface area contributed by atoms with E-state index in [1.54, 1.807) is 6.92 Å². The molecule has 55 atom stereocenters. The standard InChI is InChI=1S/C84H143N3O56/c1-28-39(94)75(122-18)125-30(20-89)47(28)132-83-70(120-16)61(115-11)63(65(142-83)73(104)105)141-78-46(101)43(98)49(32(22-91)127-78)134-84-71(121-17)60(114-10)62(64(143-84)72(102)103)140-74-38(86-87-85)55(109-5)50(33(23-92)124-74)136-80-67(117-13)58(112-8)53(36(129-80)26-107-3)138-82-69(119-15)59(113-9)54(37(131-82)27-108-4)139-81-68(118-14)57(111-7)52(35(130-81)25-106-2)137-79-66(116-12)56(110-6)51(34(24-93)128-79)135-77-45(100)42(97)48(31(21-90)126-77)133-76-44(99)41(96)40(95)29(19-88)123-76/h28-71,74-84,88-101H,19-27H2,1-18H3,(H,102,103)(H,104,105)/t28?,29?,30?,31?,32?,33?,34?,35?,36?,37?,38-,39-,40+,41?,42?,43?,44?,45?,46?,47-,48+,49+,50+,51+,52+,53+,54+,55?,56?,57?,58?,59?,60?,61?,62-,63-,64?,65?,66-,67?,68-,69?,70?,71-,74-,75-,76+,77-,78+,79-,80-,81-,82+,83-,84+/m0/s1. The van der Waals surface area contributed by atoms with Gasteiger partial charge in [0.25, 0.3) is 0 Å². The molecule has 0 amide bonds. The number of azide groups is 1. The average molecular weight is 2090 g/mol. The number of carboxylic acids is 2. The summed E-state index contributed by atoms with van der Waals surface area (Å²) in [6, 6.07) is -1.69. The molecule has 0 radical (unpaired) electrons. The van der Waals surface area contributed by atoms with E-state index in [0.29, 0.717) is 0 Å². The molecule has 0 spiro atoms. The molecule has 0 aliphatic carbocycles. The summed E-state index contributed by atoms with van der Waals surface area (Å²) in [6.45, 7) is -4.28. The van der Waals surface area contributed by atoms with Gasteiger partial charge < -0.3 is 262 Å². The van der Waals surface area contributed by atoms with E-state index in [1.807, 2.05) is 0 Å². The van der Waals surface area contributed by atoms with E-state index in [0.717, 1.165) is 14.2 Å². The largest absolute Gasteiger partial charge is 0.479 e. The van der Waals surface area contributed by atoms with E-state index in [9.17, 15) is 96.8 Å². The molecule has 0 bridgehead atoms. The van der Waals surface area contributed by atoms with Crippen LogP contribution in [0, 0.1) is 5.92 Å². The molecule has 143 heavy (non-hydrogen) atoms. The third-order valence-electron chi connectivity index (χ3n) is 27.4. The van der Waals surface area contributed by atoms with Crippen LogP contribution in [0.1, 0.15) is 6.92 Å². The SMILES string of the molecule is COCC1O[C@@H](O[C@@H]2C(CO)O[C@@H](O[C@@H]3C(C(=O)O)O[C@@H](O[C@@H]4C(CO)O[C@H](O[C@@H]5C(C(=O)O)O[C@H](O[C@@H]6C(CO)O[C@H](OC)[C@@H](O)C6C)C(OC)C5OC)C(O)C4O)[C@@H](OC)C3OC)[C@@H](N=[N+]=[N-])C2OC)C(OC)C(OC)[C@@H]1O[C@H]1OC(COC)[C@@H](O[C@@H]2OC(COC)[C@@H](O[C@@H]3OC(CO)[C@@H](O[C@@H]4OC(CO)[C@@H](O[C@H]5OC(CO)[C@@H](O)C(O)C5O)C(O)C4O)C(OC)[C@@H]3OC)C(OC)[C@@H]2OC)C(OC)C1OC. The molecule has 59 nitrogen and oxygen atoms in total. The molecule has 0 aromatic rings. The Kier molecular flexibility index (Phi) is 46.5. The Labute approximate surface area is 820 Å². The summed E-state index contributed by atoms with van der Waals surface area (Å²) in [6.07, 6.45) is -82.7. The van der Waals surface area contributed by atoms with Crippen molar-refractivity contribution in [2.45, 2.75) is 339 Å². The number of aliphatic hydroxyl groups is 14. The number of carboxylic acid groups (broad SMARTS) is 2. The quantitative estimate of drug-likeness (QED) is 0.0153. The van der Waals surface area contributed by atoms with Gasteiger partial charge in [0, 0.05) is 132 Å². The van der Waals surface area contributed by atoms with Crippen LogP contribution in [0.5, 0.6) is 0 Å². The van der Waals surface area contributed by atoms with Gasteiger partial charge >= 0.3 is 11.9 Å². The Morgan fingerprint density at radius 3 is 0.783 bits per heavy atom. The maximum Gasteiger partial charge on any atom is 0.335 e. The first kappa shape index (κ1) is 119. The number of hydrogen-bond donors (Lipinski definition) is 16. The van der Waals surface area contributed by atoms with E-state index in [-0.39, 0.29) is 19.8 Å². The van der Waals surface area contributed by atoms with E-state index in [1.165, 1.54) is 107 Å². The second kappa shape index (κ2) is 55.6. The fourth-order valence-corrected chi connectivity index (χ4v) is 20.1. The van der Waals surface area contributed by atoms with Crippen LogP contribution in [0.15, 0.2) is 5.11 Å². The summed E-state index contributed by atoms with van der Waals surface area (Å²) < 4.78 is 233. The number of aliphatic carboxylic acids is 2. The molecule has 11 fully saturated rings. The Morgan fingerprint density at radius 1 is 0.238 bits per heavy atom. The van der Waals surface area contributed by atoms with Gasteiger partial charge in [0.1, 0.15) is 238 Å². The fraction of sp³-hybridized carbons (Fsp3) is 0.976. The molecule has 11 saturated heterocycles. The topological polar surface area (TPSA) is 757 Å². The van der Waals surface area contributed by atoms with Gasteiger partial charge in [-0.1, -0.05) is 12.0 Å². The Hall–Kier alpha value is -3.83. The van der Waals surface area contributed by atoms with Crippen molar-refractivity contribution in [3.8, 4) is 0 Å². The molecule has 11 heterocycles. The summed E-state index contributed by atoms with van der Waals surface area (Å²) in [5, 5.41) is 179. The van der Waals surface area contributed by atoms with Crippen LogP contribution in [-0.2, 0) is 190 Å².